The largest absolute Gasteiger partial charge is 0.493 e. The molecule has 1 heterocycles. The molecule has 1 aromatic heterocycles. The van der Waals surface area contributed by atoms with Crippen molar-refractivity contribution >= 4 is 17.3 Å². The maximum atomic E-state index is 10.8. The molecule has 0 atom stereocenters. The van der Waals surface area contributed by atoms with Gasteiger partial charge in [-0.3, -0.25) is 0 Å². The predicted octanol–water partition coefficient (Wildman–Crippen LogP) is 3.42. The third-order valence-electron chi connectivity index (χ3n) is 2.45. The fraction of sp³-hybridized carbons (Fsp3) is 0.214. The highest BCUT2D eigenvalue weighted by atomic mass is 32.1. The standard InChI is InChI=1S/C14H14O4S/c1-2-17-12-6-4-3-5-10(12)8-18-11-7-13(14(15)16)19-9-11/h3-7,9H,2,8H2,1H3,(H,15,16). The molecule has 0 aliphatic heterocycles. The summed E-state index contributed by atoms with van der Waals surface area (Å²) in [6.07, 6.45) is 0. The van der Waals surface area contributed by atoms with Crippen molar-refractivity contribution in [2.45, 2.75) is 13.5 Å². The molecule has 4 nitrogen and oxygen atoms in total. The number of hydrogen-bond acceptors (Lipinski definition) is 4. The molecule has 0 aliphatic carbocycles. The van der Waals surface area contributed by atoms with Crippen LogP contribution in [0.4, 0.5) is 0 Å². The molecule has 1 aromatic carbocycles. The molecule has 5 heteroatoms. The summed E-state index contributed by atoms with van der Waals surface area (Å²) in [5.74, 6) is 0.418. The molecule has 0 radical (unpaired) electrons. The van der Waals surface area contributed by atoms with Crippen LogP contribution in [0.25, 0.3) is 0 Å². The van der Waals surface area contributed by atoms with E-state index in [1.54, 1.807) is 5.38 Å². The van der Waals surface area contributed by atoms with Gasteiger partial charge in [-0.15, -0.1) is 11.3 Å². The van der Waals surface area contributed by atoms with Gasteiger partial charge in [0.15, 0.2) is 0 Å². The topological polar surface area (TPSA) is 55.8 Å². The lowest BCUT2D eigenvalue weighted by atomic mass is 10.2. The Morgan fingerprint density at radius 2 is 2.11 bits per heavy atom. The summed E-state index contributed by atoms with van der Waals surface area (Å²) in [5.41, 5.74) is 0.937. The molecule has 0 amide bonds. The van der Waals surface area contributed by atoms with Gasteiger partial charge in [-0.25, -0.2) is 4.79 Å². The quantitative estimate of drug-likeness (QED) is 0.879. The molecule has 2 rings (SSSR count). The van der Waals surface area contributed by atoms with Crippen LogP contribution in [-0.4, -0.2) is 17.7 Å². The maximum absolute atomic E-state index is 10.8. The second-order valence-electron chi connectivity index (χ2n) is 3.78. The summed E-state index contributed by atoms with van der Waals surface area (Å²) in [6.45, 7) is 2.88. The van der Waals surface area contributed by atoms with E-state index in [4.69, 9.17) is 14.6 Å². The number of para-hydroxylation sites is 1. The minimum atomic E-state index is -0.936. The number of carbonyl (C=O) groups is 1. The van der Waals surface area contributed by atoms with E-state index in [9.17, 15) is 4.79 Å². The van der Waals surface area contributed by atoms with Crippen molar-refractivity contribution in [3.8, 4) is 11.5 Å². The average molecular weight is 278 g/mol. The molecule has 2 aromatic rings. The predicted molar refractivity (Wildman–Crippen MR) is 73.2 cm³/mol. The van der Waals surface area contributed by atoms with Crippen molar-refractivity contribution in [3.63, 3.8) is 0 Å². The summed E-state index contributed by atoms with van der Waals surface area (Å²) < 4.78 is 11.1. The van der Waals surface area contributed by atoms with Gasteiger partial charge in [-0.1, -0.05) is 18.2 Å². The Morgan fingerprint density at radius 3 is 2.79 bits per heavy atom. The Hall–Kier alpha value is -2.01. The van der Waals surface area contributed by atoms with Crippen LogP contribution >= 0.6 is 11.3 Å². The zero-order chi connectivity index (χ0) is 13.7. The molecular weight excluding hydrogens is 264 g/mol. The van der Waals surface area contributed by atoms with E-state index >= 15 is 0 Å². The highest BCUT2D eigenvalue weighted by Crippen LogP contribution is 2.24. The molecule has 0 unspecified atom stereocenters. The molecular formula is C14H14O4S. The van der Waals surface area contributed by atoms with Crippen molar-refractivity contribution in [1.82, 2.24) is 0 Å². The van der Waals surface area contributed by atoms with Crippen molar-refractivity contribution < 1.29 is 19.4 Å². The summed E-state index contributed by atoms with van der Waals surface area (Å²) >= 11 is 1.15. The van der Waals surface area contributed by atoms with Crippen LogP contribution in [0.3, 0.4) is 0 Å². The summed E-state index contributed by atoms with van der Waals surface area (Å²) in [4.78, 5) is 11.0. The smallest absolute Gasteiger partial charge is 0.346 e. The van der Waals surface area contributed by atoms with Crippen molar-refractivity contribution in [1.29, 1.82) is 0 Å². The van der Waals surface area contributed by atoms with Gasteiger partial charge in [-0.05, 0) is 13.0 Å². The highest BCUT2D eigenvalue weighted by molar-refractivity contribution is 7.12. The van der Waals surface area contributed by atoms with Crippen LogP contribution in [-0.2, 0) is 6.61 Å². The summed E-state index contributed by atoms with van der Waals surface area (Å²) in [6, 6.07) is 9.16. The summed E-state index contributed by atoms with van der Waals surface area (Å²) in [7, 11) is 0. The Kier molecular flexibility index (Phi) is 4.41. The first kappa shape index (κ1) is 13.4. The third kappa shape index (κ3) is 3.48. The normalized spacial score (nSPS) is 10.2. The number of thiophene rings is 1. The molecule has 1 N–H and O–H groups in total. The van der Waals surface area contributed by atoms with Crippen LogP contribution < -0.4 is 9.47 Å². The van der Waals surface area contributed by atoms with Gasteiger partial charge >= 0.3 is 5.97 Å². The van der Waals surface area contributed by atoms with Gasteiger partial charge < -0.3 is 14.6 Å². The number of carboxylic acids is 1. The van der Waals surface area contributed by atoms with Gasteiger partial charge in [0.05, 0.1) is 6.61 Å². The second kappa shape index (κ2) is 6.24. The number of ether oxygens (including phenoxy) is 2. The minimum Gasteiger partial charge on any atom is -0.493 e. The lowest BCUT2D eigenvalue weighted by Crippen LogP contribution is -2.00. The van der Waals surface area contributed by atoms with Gasteiger partial charge in [0.1, 0.15) is 23.0 Å². The van der Waals surface area contributed by atoms with Crippen LogP contribution in [0.15, 0.2) is 35.7 Å². The van der Waals surface area contributed by atoms with Gasteiger partial charge in [-0.2, -0.15) is 0 Å². The summed E-state index contributed by atoms with van der Waals surface area (Å²) in [5, 5.41) is 10.5. The molecule has 0 spiro atoms. The van der Waals surface area contributed by atoms with Crippen molar-refractivity contribution in [2.24, 2.45) is 0 Å². The van der Waals surface area contributed by atoms with E-state index in [0.29, 0.717) is 19.0 Å². The Labute approximate surface area is 115 Å². The lowest BCUT2D eigenvalue weighted by Gasteiger charge is -2.10. The van der Waals surface area contributed by atoms with E-state index < -0.39 is 5.97 Å². The number of carboxylic acid groups (broad SMARTS) is 1. The molecule has 0 saturated carbocycles. The Balaban J connectivity index is 2.03. The van der Waals surface area contributed by atoms with E-state index in [0.717, 1.165) is 22.6 Å². The number of rotatable bonds is 6. The highest BCUT2D eigenvalue weighted by Gasteiger charge is 2.08. The monoisotopic (exact) mass is 278 g/mol. The van der Waals surface area contributed by atoms with E-state index in [2.05, 4.69) is 0 Å². The van der Waals surface area contributed by atoms with Crippen molar-refractivity contribution in [3.05, 3.63) is 46.2 Å². The first-order valence-electron chi connectivity index (χ1n) is 5.86. The van der Waals surface area contributed by atoms with E-state index in [1.807, 2.05) is 31.2 Å². The van der Waals surface area contributed by atoms with Gasteiger partial charge in [0.25, 0.3) is 0 Å². The zero-order valence-corrected chi connectivity index (χ0v) is 11.3. The van der Waals surface area contributed by atoms with Crippen LogP contribution in [0.5, 0.6) is 11.5 Å². The molecule has 0 fully saturated rings. The number of benzene rings is 1. The fourth-order valence-electron chi connectivity index (χ4n) is 1.59. The molecule has 100 valence electrons. The Morgan fingerprint density at radius 1 is 1.32 bits per heavy atom. The molecule has 0 aliphatic rings. The van der Waals surface area contributed by atoms with E-state index in [-0.39, 0.29) is 4.88 Å². The number of hydrogen-bond donors (Lipinski definition) is 1. The zero-order valence-electron chi connectivity index (χ0n) is 10.5. The fourth-order valence-corrected chi connectivity index (χ4v) is 2.25. The SMILES string of the molecule is CCOc1ccccc1COc1csc(C(=O)O)c1. The van der Waals surface area contributed by atoms with Gasteiger partial charge in [0.2, 0.25) is 0 Å². The first-order valence-corrected chi connectivity index (χ1v) is 6.74. The average Bonchev–Trinajstić information content (AvgIpc) is 2.87. The van der Waals surface area contributed by atoms with Gasteiger partial charge in [0, 0.05) is 17.0 Å². The van der Waals surface area contributed by atoms with Crippen molar-refractivity contribution in [2.75, 3.05) is 6.61 Å². The first-order chi connectivity index (χ1) is 9.20. The van der Waals surface area contributed by atoms with Crippen LogP contribution in [0.1, 0.15) is 22.2 Å². The third-order valence-corrected chi connectivity index (χ3v) is 3.35. The molecule has 19 heavy (non-hydrogen) atoms. The lowest BCUT2D eigenvalue weighted by molar-refractivity contribution is 0.0702. The minimum absolute atomic E-state index is 0.271. The number of aromatic carboxylic acids is 1. The molecule has 0 saturated heterocycles. The second-order valence-corrected chi connectivity index (χ2v) is 4.69. The van der Waals surface area contributed by atoms with Crippen LogP contribution in [0, 0.1) is 0 Å². The van der Waals surface area contributed by atoms with E-state index in [1.165, 1.54) is 6.07 Å². The molecule has 0 bridgehead atoms. The Bertz CT molecular complexity index is 562. The van der Waals surface area contributed by atoms with Crippen LogP contribution in [0.2, 0.25) is 0 Å². The maximum Gasteiger partial charge on any atom is 0.346 e.